The number of carbonyl (C=O) groups is 2. The maximum atomic E-state index is 13.0. The van der Waals surface area contributed by atoms with Crippen molar-refractivity contribution in [2.75, 3.05) is 11.9 Å². The quantitative estimate of drug-likeness (QED) is 0.774. The Morgan fingerprint density at radius 1 is 1.24 bits per heavy atom. The minimum atomic E-state index is -0.922. The zero-order chi connectivity index (χ0) is 18.0. The Hall–Kier alpha value is -3.00. The molecule has 25 heavy (non-hydrogen) atoms. The van der Waals surface area contributed by atoms with Gasteiger partial charge in [0.05, 0.1) is 6.10 Å². The average Bonchev–Trinajstić information content (AvgIpc) is 2.99. The molecule has 8 heteroatoms. The van der Waals surface area contributed by atoms with Gasteiger partial charge in [-0.3, -0.25) is 9.59 Å². The number of aromatic nitrogens is 1. The highest BCUT2D eigenvalue weighted by atomic mass is 19.1. The summed E-state index contributed by atoms with van der Waals surface area (Å²) in [6.07, 6.45) is 0.615. The van der Waals surface area contributed by atoms with E-state index in [1.54, 1.807) is 0 Å². The van der Waals surface area contributed by atoms with Crippen LogP contribution >= 0.6 is 0 Å². The van der Waals surface area contributed by atoms with Crippen molar-refractivity contribution in [2.45, 2.75) is 18.6 Å². The summed E-state index contributed by atoms with van der Waals surface area (Å²) in [6, 6.07) is 6.90. The zero-order valence-electron chi connectivity index (χ0n) is 13.1. The molecule has 0 bridgehead atoms. The van der Waals surface area contributed by atoms with E-state index in [0.717, 1.165) is 12.1 Å². The lowest BCUT2D eigenvalue weighted by Gasteiger charge is -2.23. The van der Waals surface area contributed by atoms with Gasteiger partial charge in [0.15, 0.2) is 11.6 Å². The number of β-amino-alcohol motifs (C(OH)–C–C–N with tert-alkyl or cyclic N) is 1. The second kappa shape index (κ2) is 6.86. The summed E-state index contributed by atoms with van der Waals surface area (Å²) in [7, 11) is 0. The van der Waals surface area contributed by atoms with Crippen LogP contribution in [-0.2, 0) is 4.79 Å². The second-order valence-corrected chi connectivity index (χ2v) is 5.73. The Balaban J connectivity index is 1.79. The molecule has 0 saturated carbocycles. The predicted octanol–water partition coefficient (Wildman–Crippen LogP) is 1.14. The summed E-state index contributed by atoms with van der Waals surface area (Å²) in [4.78, 5) is 30.2. The number of anilines is 1. The van der Waals surface area contributed by atoms with Gasteiger partial charge in [-0.05, 0) is 36.4 Å². The molecule has 7 nitrogen and oxygen atoms in total. The Labute approximate surface area is 142 Å². The van der Waals surface area contributed by atoms with Crippen molar-refractivity contribution in [1.82, 2.24) is 9.88 Å². The van der Waals surface area contributed by atoms with Crippen molar-refractivity contribution in [3.63, 3.8) is 0 Å². The van der Waals surface area contributed by atoms with Crippen LogP contribution in [0.1, 0.15) is 16.8 Å². The van der Waals surface area contributed by atoms with E-state index in [4.69, 9.17) is 0 Å². The van der Waals surface area contributed by atoms with Crippen LogP contribution in [0, 0.1) is 5.82 Å². The number of benzene rings is 1. The van der Waals surface area contributed by atoms with Crippen molar-refractivity contribution in [2.24, 2.45) is 0 Å². The Kier molecular flexibility index (Phi) is 4.62. The van der Waals surface area contributed by atoms with Crippen LogP contribution in [0.25, 0.3) is 0 Å². The van der Waals surface area contributed by atoms with Crippen LogP contribution in [0.3, 0.4) is 0 Å². The molecule has 0 aliphatic carbocycles. The number of aliphatic hydroxyl groups is 1. The number of nitrogens with zero attached hydrogens (tertiary/aromatic N) is 2. The molecule has 1 saturated heterocycles. The van der Waals surface area contributed by atoms with Crippen molar-refractivity contribution >= 4 is 17.6 Å². The first-order chi connectivity index (χ1) is 12.0. The number of hydrogen-bond acceptors (Lipinski definition) is 5. The second-order valence-electron chi connectivity index (χ2n) is 5.73. The lowest BCUT2D eigenvalue weighted by Crippen LogP contribution is -2.43. The molecule has 0 spiro atoms. The summed E-state index contributed by atoms with van der Waals surface area (Å²) in [6.45, 7) is -0.0114. The molecule has 3 rings (SSSR count). The fourth-order valence-corrected chi connectivity index (χ4v) is 2.74. The number of pyridine rings is 1. The highest BCUT2D eigenvalue weighted by molar-refractivity contribution is 6.01. The number of likely N-dealkylation sites (tertiary alicyclic amines) is 1. The maximum absolute atomic E-state index is 13.0. The Morgan fingerprint density at radius 3 is 2.64 bits per heavy atom. The SMILES string of the molecule is O=C(Nc1ncccc1O)C1CC(O)CN1C(=O)c1ccc(F)cc1. The van der Waals surface area contributed by atoms with Crippen molar-refractivity contribution in [3.8, 4) is 5.75 Å². The molecule has 0 radical (unpaired) electrons. The number of hydrogen-bond donors (Lipinski definition) is 3. The number of amides is 2. The Bertz CT molecular complexity index is 797. The van der Waals surface area contributed by atoms with Gasteiger partial charge in [-0.1, -0.05) is 0 Å². The maximum Gasteiger partial charge on any atom is 0.254 e. The highest BCUT2D eigenvalue weighted by Crippen LogP contribution is 2.24. The van der Waals surface area contributed by atoms with Crippen molar-refractivity contribution in [1.29, 1.82) is 0 Å². The molecule has 1 aromatic carbocycles. The summed E-state index contributed by atoms with van der Waals surface area (Å²) in [5, 5.41) is 22.0. The Morgan fingerprint density at radius 2 is 1.96 bits per heavy atom. The molecule has 2 aromatic rings. The molecule has 1 aliphatic rings. The van der Waals surface area contributed by atoms with E-state index in [-0.39, 0.29) is 30.1 Å². The average molecular weight is 345 g/mol. The predicted molar refractivity (Wildman–Crippen MR) is 86.4 cm³/mol. The summed E-state index contributed by atoms with van der Waals surface area (Å²) < 4.78 is 13.0. The lowest BCUT2D eigenvalue weighted by atomic mass is 10.1. The topological polar surface area (TPSA) is 103 Å². The number of aliphatic hydroxyl groups excluding tert-OH is 1. The van der Waals surface area contributed by atoms with Gasteiger partial charge in [0, 0.05) is 24.7 Å². The third-order valence-electron chi connectivity index (χ3n) is 3.96. The van der Waals surface area contributed by atoms with Crippen molar-refractivity contribution in [3.05, 3.63) is 54.0 Å². The number of aromatic hydroxyl groups is 1. The highest BCUT2D eigenvalue weighted by Gasteiger charge is 2.39. The first-order valence-corrected chi connectivity index (χ1v) is 7.65. The largest absolute Gasteiger partial charge is 0.504 e. The van der Waals surface area contributed by atoms with Crippen LogP contribution in [0.4, 0.5) is 10.2 Å². The van der Waals surface area contributed by atoms with Crippen LogP contribution < -0.4 is 5.32 Å². The monoisotopic (exact) mass is 345 g/mol. The first-order valence-electron chi connectivity index (χ1n) is 7.65. The van der Waals surface area contributed by atoms with E-state index in [1.165, 1.54) is 35.4 Å². The van der Waals surface area contributed by atoms with Gasteiger partial charge in [0.25, 0.3) is 5.91 Å². The fraction of sp³-hybridized carbons (Fsp3) is 0.235. The molecule has 2 atom stereocenters. The van der Waals surface area contributed by atoms with Gasteiger partial charge in [0.1, 0.15) is 11.9 Å². The van der Waals surface area contributed by atoms with E-state index in [2.05, 4.69) is 10.3 Å². The molecule has 130 valence electrons. The van der Waals surface area contributed by atoms with Gasteiger partial charge >= 0.3 is 0 Å². The molecular weight excluding hydrogens is 329 g/mol. The minimum Gasteiger partial charge on any atom is -0.504 e. The number of nitrogens with one attached hydrogen (secondary N) is 1. The molecule has 2 amide bonds. The number of halogens is 1. The number of carbonyl (C=O) groups excluding carboxylic acids is 2. The van der Waals surface area contributed by atoms with Gasteiger partial charge in [-0.25, -0.2) is 9.37 Å². The number of rotatable bonds is 3. The lowest BCUT2D eigenvalue weighted by molar-refractivity contribution is -0.119. The molecule has 2 heterocycles. The van der Waals surface area contributed by atoms with E-state index in [1.807, 2.05) is 0 Å². The van der Waals surface area contributed by atoms with E-state index < -0.39 is 29.8 Å². The van der Waals surface area contributed by atoms with Crippen LogP contribution in [-0.4, -0.2) is 50.6 Å². The molecule has 3 N–H and O–H groups in total. The fourth-order valence-electron chi connectivity index (χ4n) is 2.74. The summed E-state index contributed by atoms with van der Waals surface area (Å²) >= 11 is 0. The van der Waals surface area contributed by atoms with Gasteiger partial charge in [-0.2, -0.15) is 0 Å². The van der Waals surface area contributed by atoms with Gasteiger partial charge in [0.2, 0.25) is 5.91 Å². The van der Waals surface area contributed by atoms with E-state index >= 15 is 0 Å². The standard InChI is InChI=1S/C17H16FN3O4/c18-11-5-3-10(4-6-11)17(25)21-9-12(22)8-13(21)16(24)20-15-14(23)2-1-7-19-15/h1-7,12-13,22-23H,8-9H2,(H,19,20,24). The van der Waals surface area contributed by atoms with Crippen molar-refractivity contribution < 1.29 is 24.2 Å². The first kappa shape index (κ1) is 16.8. The normalized spacial score (nSPS) is 19.7. The van der Waals surface area contributed by atoms with E-state index in [0.29, 0.717) is 0 Å². The van der Waals surface area contributed by atoms with Gasteiger partial charge < -0.3 is 20.4 Å². The third kappa shape index (κ3) is 3.58. The van der Waals surface area contributed by atoms with E-state index in [9.17, 15) is 24.2 Å². The van der Waals surface area contributed by atoms with Crippen LogP contribution in [0.2, 0.25) is 0 Å². The summed E-state index contributed by atoms with van der Waals surface area (Å²) in [5.74, 6) is -1.75. The van der Waals surface area contributed by atoms with Crippen LogP contribution in [0.15, 0.2) is 42.6 Å². The zero-order valence-corrected chi connectivity index (χ0v) is 13.1. The van der Waals surface area contributed by atoms with Gasteiger partial charge in [-0.15, -0.1) is 0 Å². The molecule has 1 aromatic heterocycles. The molecule has 1 aliphatic heterocycles. The molecule has 2 unspecified atom stereocenters. The smallest absolute Gasteiger partial charge is 0.254 e. The third-order valence-corrected chi connectivity index (χ3v) is 3.96. The minimum absolute atomic E-state index is 0.0114. The summed E-state index contributed by atoms with van der Waals surface area (Å²) in [5.41, 5.74) is 0.217. The molecular formula is C17H16FN3O4. The van der Waals surface area contributed by atoms with Crippen LogP contribution in [0.5, 0.6) is 5.75 Å². The molecule has 1 fully saturated rings.